The number of halogens is 2. The van der Waals surface area contributed by atoms with Crippen molar-refractivity contribution in [3.8, 4) is 0 Å². The standard InChI is InChI=1S/C18H20Cl2N2O/c1-12(2)8-18(23)22-15-5-3-4-14(10-15)21-11-13-6-7-16(19)17(20)9-13/h3-7,9-10,12,21H,8,11H2,1-2H3,(H,22,23). The molecule has 0 aliphatic carbocycles. The normalized spacial score (nSPS) is 10.7. The van der Waals surface area contributed by atoms with Crippen LogP contribution in [0.5, 0.6) is 0 Å². The first-order chi connectivity index (χ1) is 10.9. The van der Waals surface area contributed by atoms with E-state index in [0.717, 1.165) is 16.9 Å². The van der Waals surface area contributed by atoms with Crippen molar-refractivity contribution in [1.29, 1.82) is 0 Å². The average Bonchev–Trinajstić information content (AvgIpc) is 2.48. The summed E-state index contributed by atoms with van der Waals surface area (Å²) in [6, 6.07) is 13.2. The predicted molar refractivity (Wildman–Crippen MR) is 98.3 cm³/mol. The zero-order valence-corrected chi connectivity index (χ0v) is 14.7. The fraction of sp³-hybridized carbons (Fsp3) is 0.278. The Kier molecular flexibility index (Phi) is 6.31. The lowest BCUT2D eigenvalue weighted by molar-refractivity contribution is -0.116. The molecular formula is C18H20Cl2N2O. The fourth-order valence-electron chi connectivity index (χ4n) is 2.14. The first-order valence-electron chi connectivity index (χ1n) is 7.52. The summed E-state index contributed by atoms with van der Waals surface area (Å²) in [5.74, 6) is 0.368. The van der Waals surface area contributed by atoms with Gasteiger partial charge in [0.15, 0.2) is 0 Å². The smallest absolute Gasteiger partial charge is 0.224 e. The van der Waals surface area contributed by atoms with Gasteiger partial charge in [0, 0.05) is 24.3 Å². The number of carbonyl (C=O) groups is 1. The Balaban J connectivity index is 1.96. The predicted octanol–water partition coefficient (Wildman–Crippen LogP) is 5.59. The third-order valence-electron chi connectivity index (χ3n) is 3.22. The number of carbonyl (C=O) groups excluding carboxylic acids is 1. The molecule has 23 heavy (non-hydrogen) atoms. The molecule has 0 radical (unpaired) electrons. The van der Waals surface area contributed by atoms with E-state index in [2.05, 4.69) is 10.6 Å². The maximum absolute atomic E-state index is 11.8. The topological polar surface area (TPSA) is 41.1 Å². The number of rotatable bonds is 6. The molecule has 5 heteroatoms. The van der Waals surface area contributed by atoms with Gasteiger partial charge in [0.2, 0.25) is 5.91 Å². The van der Waals surface area contributed by atoms with Gasteiger partial charge in [0.05, 0.1) is 10.0 Å². The maximum Gasteiger partial charge on any atom is 0.224 e. The molecule has 122 valence electrons. The van der Waals surface area contributed by atoms with Crippen molar-refractivity contribution in [3.05, 3.63) is 58.1 Å². The minimum atomic E-state index is 0.0293. The van der Waals surface area contributed by atoms with E-state index in [0.29, 0.717) is 28.9 Å². The molecule has 0 aliphatic rings. The number of nitrogens with one attached hydrogen (secondary N) is 2. The number of hydrogen-bond donors (Lipinski definition) is 2. The zero-order valence-electron chi connectivity index (χ0n) is 13.2. The molecule has 0 bridgehead atoms. The first-order valence-corrected chi connectivity index (χ1v) is 8.27. The van der Waals surface area contributed by atoms with Crippen molar-refractivity contribution in [2.24, 2.45) is 5.92 Å². The van der Waals surface area contributed by atoms with Crippen LogP contribution in [0.1, 0.15) is 25.8 Å². The highest BCUT2D eigenvalue weighted by atomic mass is 35.5. The minimum Gasteiger partial charge on any atom is -0.381 e. The molecule has 2 aromatic rings. The first kappa shape index (κ1) is 17.6. The quantitative estimate of drug-likeness (QED) is 0.712. The Bertz CT molecular complexity index is 686. The molecule has 0 atom stereocenters. The van der Waals surface area contributed by atoms with Gasteiger partial charge in [-0.15, -0.1) is 0 Å². The minimum absolute atomic E-state index is 0.0293. The van der Waals surface area contributed by atoms with E-state index in [4.69, 9.17) is 23.2 Å². The lowest BCUT2D eigenvalue weighted by Crippen LogP contribution is -2.13. The summed E-state index contributed by atoms with van der Waals surface area (Å²) in [5, 5.41) is 7.31. The molecule has 0 fully saturated rings. The van der Waals surface area contributed by atoms with Crippen molar-refractivity contribution in [1.82, 2.24) is 0 Å². The highest BCUT2D eigenvalue weighted by Gasteiger charge is 2.06. The molecule has 2 aromatic carbocycles. The second-order valence-electron chi connectivity index (χ2n) is 5.83. The summed E-state index contributed by atoms with van der Waals surface area (Å²) in [7, 11) is 0. The highest BCUT2D eigenvalue weighted by molar-refractivity contribution is 6.42. The van der Waals surface area contributed by atoms with Gasteiger partial charge in [-0.25, -0.2) is 0 Å². The van der Waals surface area contributed by atoms with E-state index < -0.39 is 0 Å². The van der Waals surface area contributed by atoms with Gasteiger partial charge in [-0.1, -0.05) is 49.2 Å². The van der Waals surface area contributed by atoms with E-state index in [1.807, 2.05) is 50.2 Å². The molecule has 0 unspecified atom stereocenters. The Morgan fingerprint density at radius 2 is 1.78 bits per heavy atom. The molecule has 0 saturated carbocycles. The van der Waals surface area contributed by atoms with Crippen LogP contribution in [0.4, 0.5) is 11.4 Å². The number of benzene rings is 2. The summed E-state index contributed by atoms with van der Waals surface area (Å²) in [6.07, 6.45) is 0.515. The summed E-state index contributed by atoms with van der Waals surface area (Å²) in [4.78, 5) is 11.8. The number of amides is 1. The lowest BCUT2D eigenvalue weighted by atomic mass is 10.1. The highest BCUT2D eigenvalue weighted by Crippen LogP contribution is 2.23. The molecule has 3 nitrogen and oxygen atoms in total. The van der Waals surface area contributed by atoms with Crippen LogP contribution in [-0.4, -0.2) is 5.91 Å². The second kappa shape index (κ2) is 8.23. The van der Waals surface area contributed by atoms with Crippen LogP contribution in [-0.2, 0) is 11.3 Å². The molecule has 0 aliphatic heterocycles. The molecular weight excluding hydrogens is 331 g/mol. The second-order valence-corrected chi connectivity index (χ2v) is 6.64. The van der Waals surface area contributed by atoms with E-state index in [1.165, 1.54) is 0 Å². The van der Waals surface area contributed by atoms with E-state index in [-0.39, 0.29) is 5.91 Å². The van der Waals surface area contributed by atoms with Crippen molar-refractivity contribution >= 4 is 40.5 Å². The Morgan fingerprint density at radius 3 is 2.48 bits per heavy atom. The van der Waals surface area contributed by atoms with Crippen LogP contribution in [0, 0.1) is 5.92 Å². The third-order valence-corrected chi connectivity index (χ3v) is 3.96. The van der Waals surface area contributed by atoms with Crippen molar-refractivity contribution in [3.63, 3.8) is 0 Å². The largest absolute Gasteiger partial charge is 0.381 e. The number of anilines is 2. The van der Waals surface area contributed by atoms with Crippen molar-refractivity contribution < 1.29 is 4.79 Å². The van der Waals surface area contributed by atoms with E-state index >= 15 is 0 Å². The SMILES string of the molecule is CC(C)CC(=O)Nc1cccc(NCc2ccc(Cl)c(Cl)c2)c1. The van der Waals surface area contributed by atoms with Crippen LogP contribution in [0.3, 0.4) is 0 Å². The monoisotopic (exact) mass is 350 g/mol. The van der Waals surface area contributed by atoms with Gasteiger partial charge in [-0.2, -0.15) is 0 Å². The van der Waals surface area contributed by atoms with Gasteiger partial charge in [-0.05, 0) is 41.8 Å². The molecule has 0 aromatic heterocycles. The molecule has 0 heterocycles. The molecule has 0 spiro atoms. The number of hydrogen-bond acceptors (Lipinski definition) is 2. The summed E-state index contributed by atoms with van der Waals surface area (Å²) >= 11 is 11.9. The summed E-state index contributed by atoms with van der Waals surface area (Å²) in [5.41, 5.74) is 2.75. The van der Waals surface area contributed by atoms with Crippen molar-refractivity contribution in [2.75, 3.05) is 10.6 Å². The van der Waals surface area contributed by atoms with E-state index in [1.54, 1.807) is 6.07 Å². The van der Waals surface area contributed by atoms with Crippen molar-refractivity contribution in [2.45, 2.75) is 26.8 Å². The van der Waals surface area contributed by atoms with Crippen LogP contribution in [0.15, 0.2) is 42.5 Å². The lowest BCUT2D eigenvalue weighted by Gasteiger charge is -2.11. The average molecular weight is 351 g/mol. The zero-order chi connectivity index (χ0) is 16.8. The maximum atomic E-state index is 11.8. The summed E-state index contributed by atoms with van der Waals surface area (Å²) in [6.45, 7) is 4.67. The Labute approximate surface area is 147 Å². The van der Waals surface area contributed by atoms with Gasteiger partial charge >= 0.3 is 0 Å². The van der Waals surface area contributed by atoms with Crippen LogP contribution in [0.25, 0.3) is 0 Å². The van der Waals surface area contributed by atoms with Gasteiger partial charge in [0.1, 0.15) is 0 Å². The Morgan fingerprint density at radius 1 is 1.04 bits per heavy atom. The molecule has 1 amide bonds. The molecule has 2 N–H and O–H groups in total. The van der Waals surface area contributed by atoms with Crippen LogP contribution in [0.2, 0.25) is 10.0 Å². The molecule has 0 saturated heterocycles. The van der Waals surface area contributed by atoms with E-state index in [9.17, 15) is 4.79 Å². The fourth-order valence-corrected chi connectivity index (χ4v) is 2.46. The third kappa shape index (κ3) is 5.77. The Hall–Kier alpha value is -1.71. The van der Waals surface area contributed by atoms with Crippen LogP contribution < -0.4 is 10.6 Å². The van der Waals surface area contributed by atoms with Crippen LogP contribution >= 0.6 is 23.2 Å². The summed E-state index contributed by atoms with van der Waals surface area (Å²) < 4.78 is 0. The van der Waals surface area contributed by atoms with Gasteiger partial charge in [-0.3, -0.25) is 4.79 Å². The van der Waals surface area contributed by atoms with Gasteiger partial charge in [0.25, 0.3) is 0 Å². The van der Waals surface area contributed by atoms with Gasteiger partial charge < -0.3 is 10.6 Å². The molecule has 2 rings (SSSR count).